The van der Waals surface area contributed by atoms with Gasteiger partial charge in [0.1, 0.15) is 0 Å². The van der Waals surface area contributed by atoms with Crippen LogP contribution in [0.25, 0.3) is 0 Å². The van der Waals surface area contributed by atoms with Crippen molar-refractivity contribution in [2.24, 2.45) is 5.10 Å². The summed E-state index contributed by atoms with van der Waals surface area (Å²) in [5, 5.41) is 8.26. The fourth-order valence-electron chi connectivity index (χ4n) is 2.40. The fourth-order valence-corrected chi connectivity index (χ4v) is 3.69. The van der Waals surface area contributed by atoms with Gasteiger partial charge < -0.3 is 5.32 Å². The molecule has 0 unspecified atom stereocenters. The maximum Gasteiger partial charge on any atom is 0.259 e. The van der Waals surface area contributed by atoms with E-state index in [-0.39, 0.29) is 23.6 Å². The summed E-state index contributed by atoms with van der Waals surface area (Å²) in [4.78, 5) is 26.0. The number of nitrogens with zero attached hydrogens (tertiary/aromatic N) is 2. The van der Waals surface area contributed by atoms with Gasteiger partial charge >= 0.3 is 0 Å². The summed E-state index contributed by atoms with van der Waals surface area (Å²) in [6.45, 7) is 1.80. The number of benzene rings is 2. The van der Waals surface area contributed by atoms with E-state index in [9.17, 15) is 9.59 Å². The molecule has 1 saturated heterocycles. The minimum atomic E-state index is -0.346. The second kappa shape index (κ2) is 8.65. The van der Waals surface area contributed by atoms with Crippen molar-refractivity contribution >= 4 is 63.3 Å². The van der Waals surface area contributed by atoms with E-state index < -0.39 is 0 Å². The molecular weight excluding hydrogens is 407 g/mol. The molecular formula is C18H16Cl2N4O2S. The lowest BCUT2D eigenvalue weighted by Crippen LogP contribution is -2.34. The van der Waals surface area contributed by atoms with Crippen LogP contribution in [0.3, 0.4) is 0 Å². The van der Waals surface area contributed by atoms with Crippen LogP contribution >= 0.6 is 35.0 Å². The molecule has 9 heteroatoms. The average molecular weight is 423 g/mol. The summed E-state index contributed by atoms with van der Waals surface area (Å²) < 4.78 is 0. The third-order valence-electron chi connectivity index (χ3n) is 3.66. The number of nitrogens with one attached hydrogen (secondary N) is 2. The number of rotatable bonds is 5. The van der Waals surface area contributed by atoms with Gasteiger partial charge in [-0.25, -0.2) is 5.43 Å². The largest absolute Gasteiger partial charge is 0.376 e. The molecule has 27 heavy (non-hydrogen) atoms. The van der Waals surface area contributed by atoms with Crippen LogP contribution in [0.4, 0.5) is 11.4 Å². The molecule has 0 radical (unpaired) electrons. The van der Waals surface area contributed by atoms with Gasteiger partial charge in [0.15, 0.2) is 5.17 Å². The van der Waals surface area contributed by atoms with Gasteiger partial charge in [-0.1, -0.05) is 47.1 Å². The van der Waals surface area contributed by atoms with Crippen molar-refractivity contribution in [1.29, 1.82) is 0 Å². The van der Waals surface area contributed by atoms with Crippen LogP contribution in [-0.4, -0.2) is 28.8 Å². The molecule has 140 valence electrons. The number of thioether (sulfide) groups is 1. The highest BCUT2D eigenvalue weighted by Gasteiger charge is 2.36. The number of hydrogen-bond acceptors (Lipinski definition) is 5. The van der Waals surface area contributed by atoms with Crippen molar-refractivity contribution in [1.82, 2.24) is 5.43 Å². The molecule has 0 aromatic heterocycles. The Morgan fingerprint density at radius 3 is 2.59 bits per heavy atom. The molecule has 0 bridgehead atoms. The van der Waals surface area contributed by atoms with E-state index >= 15 is 0 Å². The van der Waals surface area contributed by atoms with Crippen LogP contribution < -0.4 is 15.6 Å². The Labute approximate surface area is 170 Å². The van der Waals surface area contributed by atoms with Gasteiger partial charge in [0, 0.05) is 15.7 Å². The molecule has 3 rings (SSSR count). The van der Waals surface area contributed by atoms with Gasteiger partial charge in [-0.2, -0.15) is 0 Å². The fraction of sp³-hybridized carbons (Fsp3) is 0.167. The Balaban J connectivity index is 1.67. The highest BCUT2D eigenvalue weighted by Crippen LogP contribution is 2.32. The second-order valence-electron chi connectivity index (χ2n) is 5.71. The molecule has 2 N–H and O–H groups in total. The van der Waals surface area contributed by atoms with E-state index in [4.69, 9.17) is 23.2 Å². The Hall–Kier alpha value is -2.22. The molecule has 0 spiro atoms. The van der Waals surface area contributed by atoms with E-state index in [0.717, 1.165) is 5.69 Å². The van der Waals surface area contributed by atoms with Gasteiger partial charge in [0.2, 0.25) is 5.91 Å². The lowest BCUT2D eigenvalue weighted by Gasteiger charge is -2.16. The molecule has 2 aromatic carbocycles. The minimum Gasteiger partial charge on any atom is -0.376 e. The standard InChI is InChI=1S/C18H16Cl2N4O2S/c1-11-17(26)24(15-7-3-5-13(20)9-15)18(27-11)23-22-16(25)10-21-14-6-2-4-12(19)8-14/h2-9,11,21H,10H2,1H3,(H,22,25)/b23-18+/t11-/m0/s1. The van der Waals surface area contributed by atoms with Crippen molar-refractivity contribution in [3.63, 3.8) is 0 Å². The first-order valence-corrected chi connectivity index (χ1v) is 9.70. The highest BCUT2D eigenvalue weighted by molar-refractivity contribution is 8.16. The van der Waals surface area contributed by atoms with Gasteiger partial charge in [-0.3, -0.25) is 14.5 Å². The topological polar surface area (TPSA) is 73.8 Å². The summed E-state index contributed by atoms with van der Waals surface area (Å²) >= 11 is 13.2. The Kier molecular flexibility index (Phi) is 6.26. The maximum atomic E-state index is 12.5. The third-order valence-corrected chi connectivity index (χ3v) is 5.17. The van der Waals surface area contributed by atoms with Crippen LogP contribution in [0.5, 0.6) is 0 Å². The molecule has 1 fully saturated rings. The number of amidine groups is 1. The predicted octanol–water partition coefficient (Wildman–Crippen LogP) is 3.96. The van der Waals surface area contributed by atoms with E-state index in [0.29, 0.717) is 20.9 Å². The number of amides is 2. The SMILES string of the molecule is C[C@@H]1S/C(=N/NC(=O)CNc2cccc(Cl)c2)N(c2cccc(Cl)c2)C1=O. The lowest BCUT2D eigenvalue weighted by atomic mass is 10.3. The van der Waals surface area contributed by atoms with E-state index in [1.54, 1.807) is 55.5 Å². The number of carbonyl (C=O) groups excluding carboxylic acids is 2. The van der Waals surface area contributed by atoms with Crippen LogP contribution in [0, 0.1) is 0 Å². The first kappa shape index (κ1) is 19.5. The van der Waals surface area contributed by atoms with Gasteiger partial charge in [-0.15, -0.1) is 5.10 Å². The van der Waals surface area contributed by atoms with E-state index in [2.05, 4.69) is 15.8 Å². The number of halogens is 2. The Morgan fingerprint density at radius 1 is 1.19 bits per heavy atom. The Morgan fingerprint density at radius 2 is 1.89 bits per heavy atom. The zero-order valence-corrected chi connectivity index (χ0v) is 16.6. The zero-order valence-electron chi connectivity index (χ0n) is 14.3. The maximum absolute atomic E-state index is 12.5. The molecule has 0 aliphatic carbocycles. The minimum absolute atomic E-state index is 0.0163. The van der Waals surface area contributed by atoms with Gasteiger partial charge in [-0.05, 0) is 43.3 Å². The van der Waals surface area contributed by atoms with Crippen molar-refractivity contribution in [3.8, 4) is 0 Å². The summed E-state index contributed by atoms with van der Waals surface area (Å²) in [7, 11) is 0. The molecule has 2 amide bonds. The third kappa shape index (κ3) is 4.94. The summed E-state index contributed by atoms with van der Waals surface area (Å²) in [6.07, 6.45) is 0. The number of carbonyl (C=O) groups is 2. The normalized spacial score (nSPS) is 18.0. The smallest absolute Gasteiger partial charge is 0.259 e. The van der Waals surface area contributed by atoms with Gasteiger partial charge in [0.25, 0.3) is 5.91 Å². The predicted molar refractivity (Wildman–Crippen MR) is 112 cm³/mol. The van der Waals surface area contributed by atoms with Crippen LogP contribution in [-0.2, 0) is 9.59 Å². The summed E-state index contributed by atoms with van der Waals surface area (Å²) in [5.74, 6) is -0.464. The molecule has 2 aromatic rings. The molecule has 6 nitrogen and oxygen atoms in total. The summed E-state index contributed by atoms with van der Waals surface area (Å²) in [6, 6.07) is 14.0. The molecule has 1 atom stereocenters. The second-order valence-corrected chi connectivity index (χ2v) is 7.89. The first-order valence-electron chi connectivity index (χ1n) is 8.06. The van der Waals surface area contributed by atoms with Crippen LogP contribution in [0.2, 0.25) is 10.0 Å². The van der Waals surface area contributed by atoms with Crippen molar-refractivity contribution in [2.45, 2.75) is 12.2 Å². The molecule has 1 aliphatic heterocycles. The number of hydrogen-bond donors (Lipinski definition) is 2. The van der Waals surface area contributed by atoms with Crippen molar-refractivity contribution < 1.29 is 9.59 Å². The van der Waals surface area contributed by atoms with Crippen molar-refractivity contribution in [3.05, 3.63) is 58.6 Å². The number of anilines is 2. The van der Waals surface area contributed by atoms with E-state index in [1.165, 1.54) is 16.7 Å². The zero-order chi connectivity index (χ0) is 19.4. The average Bonchev–Trinajstić information content (AvgIpc) is 2.92. The first-order chi connectivity index (χ1) is 12.9. The van der Waals surface area contributed by atoms with Gasteiger partial charge in [0.05, 0.1) is 17.5 Å². The molecule has 0 saturated carbocycles. The molecule has 1 aliphatic rings. The Bertz CT molecular complexity index is 906. The highest BCUT2D eigenvalue weighted by atomic mass is 35.5. The number of hydrazone groups is 1. The molecule has 1 heterocycles. The lowest BCUT2D eigenvalue weighted by molar-refractivity contribution is -0.119. The van der Waals surface area contributed by atoms with Crippen LogP contribution in [0.15, 0.2) is 53.6 Å². The van der Waals surface area contributed by atoms with Crippen LogP contribution in [0.1, 0.15) is 6.92 Å². The van der Waals surface area contributed by atoms with Crippen molar-refractivity contribution in [2.75, 3.05) is 16.8 Å². The van der Waals surface area contributed by atoms with E-state index in [1.807, 2.05) is 0 Å². The quantitative estimate of drug-likeness (QED) is 0.714. The monoisotopic (exact) mass is 422 g/mol. The summed E-state index contributed by atoms with van der Waals surface area (Å²) in [5.41, 5.74) is 3.80.